The van der Waals surface area contributed by atoms with E-state index >= 15 is 0 Å². The van der Waals surface area contributed by atoms with E-state index in [1.54, 1.807) is 23.1 Å². The Labute approximate surface area is 181 Å². The van der Waals surface area contributed by atoms with Gasteiger partial charge in [-0.2, -0.15) is 0 Å². The van der Waals surface area contributed by atoms with Crippen molar-refractivity contribution >= 4 is 11.9 Å². The van der Waals surface area contributed by atoms with Gasteiger partial charge in [0.05, 0.1) is 5.56 Å². The van der Waals surface area contributed by atoms with Crippen LogP contribution in [0.1, 0.15) is 39.3 Å². The molecule has 31 heavy (non-hydrogen) atoms. The number of esters is 1. The molecule has 1 aliphatic heterocycles. The first-order valence-electron chi connectivity index (χ1n) is 10.6. The number of aromatic nitrogens is 1. The van der Waals surface area contributed by atoms with Gasteiger partial charge in [0.1, 0.15) is 17.6 Å². The maximum absolute atomic E-state index is 13.9. The van der Waals surface area contributed by atoms with Gasteiger partial charge in [0.15, 0.2) is 0 Å². The van der Waals surface area contributed by atoms with Gasteiger partial charge in [-0.25, -0.2) is 9.18 Å². The van der Waals surface area contributed by atoms with Crippen molar-refractivity contribution in [2.75, 3.05) is 13.1 Å². The highest BCUT2D eigenvalue weighted by molar-refractivity contribution is 5.94. The van der Waals surface area contributed by atoms with E-state index in [1.807, 2.05) is 35.0 Å². The first kappa shape index (κ1) is 20.8. The quantitative estimate of drug-likeness (QED) is 0.558. The lowest BCUT2D eigenvalue weighted by Gasteiger charge is -2.31. The summed E-state index contributed by atoms with van der Waals surface area (Å²) in [6.45, 7) is 1.55. The molecule has 1 aromatic heterocycles. The van der Waals surface area contributed by atoms with Crippen LogP contribution in [0.4, 0.5) is 4.39 Å². The van der Waals surface area contributed by atoms with Crippen LogP contribution < -0.4 is 0 Å². The number of hydrogen-bond donors (Lipinski definition) is 0. The van der Waals surface area contributed by atoms with Crippen LogP contribution in [-0.4, -0.2) is 40.5 Å². The predicted octanol–water partition coefficient (Wildman–Crippen LogP) is 4.33. The minimum atomic E-state index is -0.516. The fourth-order valence-electron chi connectivity index (χ4n) is 3.88. The van der Waals surface area contributed by atoms with Crippen molar-refractivity contribution < 1.29 is 18.7 Å². The molecule has 0 bridgehead atoms. The van der Waals surface area contributed by atoms with E-state index in [-0.39, 0.29) is 23.5 Å². The first-order chi connectivity index (χ1) is 15.1. The van der Waals surface area contributed by atoms with Crippen LogP contribution in [0.15, 0.2) is 72.9 Å². The lowest BCUT2D eigenvalue weighted by atomic mass is 10.1. The Morgan fingerprint density at radius 2 is 1.65 bits per heavy atom. The number of nitrogens with zero attached hydrogens (tertiary/aromatic N) is 2. The van der Waals surface area contributed by atoms with E-state index in [9.17, 15) is 14.0 Å². The molecule has 2 aromatic carbocycles. The van der Waals surface area contributed by atoms with Crippen molar-refractivity contribution in [1.29, 1.82) is 0 Å². The summed E-state index contributed by atoms with van der Waals surface area (Å²) in [7, 11) is 0. The largest absolute Gasteiger partial charge is 0.458 e. The number of ether oxygens (including phenoxy) is 1. The molecule has 0 spiro atoms. The Hall–Kier alpha value is -3.41. The van der Waals surface area contributed by atoms with Gasteiger partial charge in [-0.1, -0.05) is 42.5 Å². The third kappa shape index (κ3) is 5.02. The zero-order valence-corrected chi connectivity index (χ0v) is 17.2. The van der Waals surface area contributed by atoms with Gasteiger partial charge < -0.3 is 14.2 Å². The molecule has 0 atom stereocenters. The summed E-state index contributed by atoms with van der Waals surface area (Å²) in [5.74, 6) is -1.19. The fraction of sp³-hybridized carbons (Fsp3) is 0.280. The highest BCUT2D eigenvalue weighted by atomic mass is 19.1. The van der Waals surface area contributed by atoms with Crippen LogP contribution in [-0.2, 0) is 17.7 Å². The molecule has 0 aliphatic carbocycles. The fourth-order valence-corrected chi connectivity index (χ4v) is 3.88. The van der Waals surface area contributed by atoms with Gasteiger partial charge in [0.2, 0.25) is 0 Å². The van der Waals surface area contributed by atoms with E-state index in [1.165, 1.54) is 17.7 Å². The molecule has 0 unspecified atom stereocenters. The Morgan fingerprint density at radius 1 is 0.935 bits per heavy atom. The highest BCUT2D eigenvalue weighted by Gasteiger charge is 2.27. The zero-order chi connectivity index (χ0) is 21.6. The first-order valence-corrected chi connectivity index (χ1v) is 10.6. The second-order valence-corrected chi connectivity index (χ2v) is 7.70. The van der Waals surface area contributed by atoms with Crippen LogP contribution in [0, 0.1) is 5.82 Å². The molecular weight excluding hydrogens is 395 g/mol. The molecule has 5 nitrogen and oxygen atoms in total. The summed E-state index contributed by atoms with van der Waals surface area (Å²) < 4.78 is 21.5. The molecular formula is C25H25FN2O3. The molecule has 160 valence electrons. The number of piperidine rings is 1. The normalized spacial score (nSPS) is 14.4. The van der Waals surface area contributed by atoms with Crippen LogP contribution in [0.2, 0.25) is 0 Å². The Morgan fingerprint density at radius 3 is 2.39 bits per heavy atom. The Balaban J connectivity index is 1.30. The average molecular weight is 420 g/mol. The summed E-state index contributed by atoms with van der Waals surface area (Å²) >= 11 is 0. The number of hydrogen-bond acceptors (Lipinski definition) is 3. The van der Waals surface area contributed by atoms with E-state index in [0.29, 0.717) is 38.2 Å². The third-order valence-electron chi connectivity index (χ3n) is 5.63. The van der Waals surface area contributed by atoms with Crippen molar-refractivity contribution in [1.82, 2.24) is 9.47 Å². The van der Waals surface area contributed by atoms with Crippen LogP contribution in [0.5, 0.6) is 0 Å². The molecule has 2 heterocycles. The second-order valence-electron chi connectivity index (χ2n) is 7.70. The SMILES string of the molecule is O=C(OC1CCN(C(=O)c2ccccc2F)CC1)c1cccn1CCc1ccccc1. The van der Waals surface area contributed by atoms with Crippen molar-refractivity contribution in [3.8, 4) is 0 Å². The van der Waals surface area contributed by atoms with Crippen molar-refractivity contribution in [2.24, 2.45) is 0 Å². The summed E-state index contributed by atoms with van der Waals surface area (Å²) in [4.78, 5) is 26.9. The maximum atomic E-state index is 13.9. The van der Waals surface area contributed by atoms with E-state index in [0.717, 1.165) is 6.42 Å². The maximum Gasteiger partial charge on any atom is 0.355 e. The molecule has 6 heteroatoms. The lowest BCUT2D eigenvalue weighted by Crippen LogP contribution is -2.41. The smallest absolute Gasteiger partial charge is 0.355 e. The van der Waals surface area contributed by atoms with E-state index < -0.39 is 5.82 Å². The number of aryl methyl sites for hydroxylation is 2. The van der Waals surface area contributed by atoms with Gasteiger partial charge in [-0.05, 0) is 36.2 Å². The molecule has 1 saturated heterocycles. The summed E-state index contributed by atoms with van der Waals surface area (Å²) in [5, 5.41) is 0. The Bertz CT molecular complexity index is 1040. The van der Waals surface area contributed by atoms with Crippen LogP contribution in [0.3, 0.4) is 0 Å². The van der Waals surface area contributed by atoms with Crippen LogP contribution >= 0.6 is 0 Å². The number of rotatable bonds is 6. The standard InChI is InChI=1S/C25H25FN2O3/c26-22-10-5-4-9-21(22)24(29)28-17-13-20(14-18-28)31-25(30)23-11-6-15-27(23)16-12-19-7-2-1-3-8-19/h1-11,15,20H,12-14,16-18H2. The number of amides is 1. The minimum Gasteiger partial charge on any atom is -0.458 e. The van der Waals surface area contributed by atoms with E-state index in [2.05, 4.69) is 12.1 Å². The van der Waals surface area contributed by atoms with Crippen molar-refractivity contribution in [2.45, 2.75) is 31.9 Å². The zero-order valence-electron chi connectivity index (χ0n) is 17.2. The van der Waals surface area contributed by atoms with Gasteiger partial charge in [0.25, 0.3) is 5.91 Å². The molecule has 3 aromatic rings. The van der Waals surface area contributed by atoms with Crippen LogP contribution in [0.25, 0.3) is 0 Å². The minimum absolute atomic E-state index is 0.0780. The molecule has 0 N–H and O–H groups in total. The lowest BCUT2D eigenvalue weighted by molar-refractivity contribution is 0.0110. The number of carbonyl (C=O) groups is 2. The Kier molecular flexibility index (Phi) is 6.46. The average Bonchev–Trinajstić information content (AvgIpc) is 3.28. The predicted molar refractivity (Wildman–Crippen MR) is 115 cm³/mol. The molecule has 4 rings (SSSR count). The topological polar surface area (TPSA) is 51.5 Å². The highest BCUT2D eigenvalue weighted by Crippen LogP contribution is 2.19. The van der Waals surface area contributed by atoms with E-state index in [4.69, 9.17) is 4.74 Å². The number of halogens is 1. The van der Waals surface area contributed by atoms with Gasteiger partial charge in [0, 0.05) is 38.7 Å². The molecule has 1 fully saturated rings. The van der Waals surface area contributed by atoms with Gasteiger partial charge >= 0.3 is 5.97 Å². The molecule has 0 saturated carbocycles. The number of likely N-dealkylation sites (tertiary alicyclic amines) is 1. The summed E-state index contributed by atoms with van der Waals surface area (Å²) in [6, 6.07) is 19.7. The van der Waals surface area contributed by atoms with Crippen molar-refractivity contribution in [3.63, 3.8) is 0 Å². The monoisotopic (exact) mass is 420 g/mol. The van der Waals surface area contributed by atoms with Gasteiger partial charge in [-0.15, -0.1) is 0 Å². The summed E-state index contributed by atoms with van der Waals surface area (Å²) in [5.41, 5.74) is 1.82. The third-order valence-corrected chi connectivity index (χ3v) is 5.63. The molecule has 1 amide bonds. The number of benzene rings is 2. The number of carbonyl (C=O) groups excluding carboxylic acids is 2. The molecule has 1 aliphatic rings. The summed E-state index contributed by atoms with van der Waals surface area (Å²) in [6.07, 6.45) is 3.53. The molecule has 0 radical (unpaired) electrons. The van der Waals surface area contributed by atoms with Crippen molar-refractivity contribution in [3.05, 3.63) is 95.6 Å². The van der Waals surface area contributed by atoms with Gasteiger partial charge in [-0.3, -0.25) is 4.79 Å². The second kappa shape index (κ2) is 9.60.